The molecule has 0 aliphatic carbocycles. The average molecular weight is 231 g/mol. The Bertz CT molecular complexity index is 145. The fourth-order valence-corrected chi connectivity index (χ4v) is 2.21. The Labute approximate surface area is 101 Å². The van der Waals surface area contributed by atoms with Crippen LogP contribution in [-0.2, 0) is 0 Å². The van der Waals surface area contributed by atoms with E-state index in [4.69, 9.17) is 0 Å². The maximum absolute atomic E-state index is 3.63. The van der Waals surface area contributed by atoms with Gasteiger partial charge in [0.15, 0.2) is 0 Å². The number of nitrogens with one attached hydrogen (secondary N) is 1. The minimum absolute atomic E-state index is 0.304. The molecule has 2 heteroatoms. The van der Waals surface area contributed by atoms with Crippen molar-refractivity contribution in [1.29, 1.82) is 0 Å². The first kappa shape index (κ1) is 15.3. The van der Waals surface area contributed by atoms with Crippen LogP contribution in [0.15, 0.2) is 0 Å². The van der Waals surface area contributed by atoms with Gasteiger partial charge in [0.05, 0.1) is 0 Å². The Morgan fingerprint density at radius 3 is 2.40 bits per heavy atom. The van der Waals surface area contributed by atoms with E-state index in [1.165, 1.54) is 31.4 Å². The van der Waals surface area contributed by atoms with E-state index in [0.29, 0.717) is 5.54 Å². The van der Waals surface area contributed by atoms with Gasteiger partial charge in [-0.2, -0.15) is 11.8 Å². The van der Waals surface area contributed by atoms with Crippen LogP contribution in [0, 0.1) is 0 Å². The van der Waals surface area contributed by atoms with Crippen LogP contribution in [0.4, 0.5) is 0 Å². The molecular formula is C13H29NS. The van der Waals surface area contributed by atoms with Crippen molar-refractivity contribution in [1.82, 2.24) is 5.32 Å². The van der Waals surface area contributed by atoms with Gasteiger partial charge in [0.1, 0.15) is 0 Å². The van der Waals surface area contributed by atoms with Gasteiger partial charge in [-0.15, -0.1) is 0 Å². The Hall–Kier alpha value is 0.310. The van der Waals surface area contributed by atoms with Crippen LogP contribution in [0.1, 0.15) is 60.3 Å². The molecule has 1 unspecified atom stereocenters. The van der Waals surface area contributed by atoms with Gasteiger partial charge in [-0.3, -0.25) is 0 Å². The molecule has 0 amide bonds. The zero-order valence-electron chi connectivity index (χ0n) is 11.2. The third kappa shape index (κ3) is 9.25. The molecule has 0 radical (unpaired) electrons. The smallest absolute Gasteiger partial charge is 0.0144 e. The molecule has 0 saturated heterocycles. The molecule has 0 bridgehead atoms. The van der Waals surface area contributed by atoms with Crippen molar-refractivity contribution in [3.63, 3.8) is 0 Å². The molecule has 0 aromatic carbocycles. The van der Waals surface area contributed by atoms with Gasteiger partial charge in [-0.05, 0) is 32.4 Å². The molecule has 0 aromatic heterocycles. The molecule has 1 atom stereocenters. The van der Waals surface area contributed by atoms with Crippen LogP contribution in [0.3, 0.4) is 0 Å². The molecule has 0 rings (SSSR count). The summed E-state index contributed by atoms with van der Waals surface area (Å²) in [4.78, 5) is 0. The second kappa shape index (κ2) is 8.46. The quantitative estimate of drug-likeness (QED) is 0.600. The highest BCUT2D eigenvalue weighted by atomic mass is 32.2. The monoisotopic (exact) mass is 231 g/mol. The molecule has 0 aliphatic heterocycles. The summed E-state index contributed by atoms with van der Waals surface area (Å²) in [7, 11) is 0. The van der Waals surface area contributed by atoms with Gasteiger partial charge in [0.2, 0.25) is 0 Å². The Balaban J connectivity index is 3.44. The zero-order valence-corrected chi connectivity index (χ0v) is 12.0. The van der Waals surface area contributed by atoms with Crippen LogP contribution < -0.4 is 5.32 Å². The highest BCUT2D eigenvalue weighted by Crippen LogP contribution is 2.14. The summed E-state index contributed by atoms with van der Waals surface area (Å²) in [6.45, 7) is 12.5. The number of rotatable bonds is 9. The topological polar surface area (TPSA) is 12.0 Å². The Morgan fingerprint density at radius 2 is 1.87 bits per heavy atom. The molecular weight excluding hydrogens is 202 g/mol. The van der Waals surface area contributed by atoms with Crippen molar-refractivity contribution in [2.45, 2.75) is 71.1 Å². The molecule has 1 N–H and O–H groups in total. The van der Waals surface area contributed by atoms with Crippen molar-refractivity contribution >= 4 is 11.8 Å². The summed E-state index contributed by atoms with van der Waals surface area (Å²) in [5, 5.41) is 4.37. The Morgan fingerprint density at radius 1 is 1.20 bits per heavy atom. The normalized spacial score (nSPS) is 14.2. The zero-order chi connectivity index (χ0) is 11.7. The first-order valence-corrected chi connectivity index (χ1v) is 7.43. The maximum atomic E-state index is 3.63. The van der Waals surface area contributed by atoms with Gasteiger partial charge in [0.25, 0.3) is 0 Å². The molecule has 0 spiro atoms. The predicted octanol–water partition coefficient (Wildman–Crippen LogP) is 4.08. The third-order valence-electron chi connectivity index (χ3n) is 2.90. The summed E-state index contributed by atoms with van der Waals surface area (Å²) in [6.07, 6.45) is 5.28. The molecule has 0 saturated carbocycles. The number of hydrogen-bond donors (Lipinski definition) is 1. The van der Waals surface area contributed by atoms with E-state index < -0.39 is 0 Å². The lowest BCUT2D eigenvalue weighted by atomic mass is 10.0. The van der Waals surface area contributed by atoms with Crippen LogP contribution in [0.2, 0.25) is 0 Å². The molecule has 0 fully saturated rings. The van der Waals surface area contributed by atoms with Gasteiger partial charge in [-0.25, -0.2) is 0 Å². The van der Waals surface area contributed by atoms with Crippen molar-refractivity contribution < 1.29 is 0 Å². The van der Waals surface area contributed by atoms with Crippen molar-refractivity contribution in [3.8, 4) is 0 Å². The van der Waals surface area contributed by atoms with Gasteiger partial charge in [0, 0.05) is 17.3 Å². The third-order valence-corrected chi connectivity index (χ3v) is 4.16. The fraction of sp³-hybridized carbons (Fsp3) is 1.00. The highest BCUT2D eigenvalue weighted by molar-refractivity contribution is 7.99. The minimum Gasteiger partial charge on any atom is -0.311 e. The Kier molecular flexibility index (Phi) is 8.64. The molecule has 0 aliphatic rings. The SMILES string of the molecule is CCCCCSC(C)CNC(C)(C)CC. The molecule has 1 nitrogen and oxygen atoms in total. The second-order valence-corrected chi connectivity index (χ2v) is 6.55. The van der Waals surface area contributed by atoms with E-state index in [1.54, 1.807) is 0 Å². The van der Waals surface area contributed by atoms with E-state index in [0.717, 1.165) is 11.8 Å². The van der Waals surface area contributed by atoms with Crippen molar-refractivity contribution in [2.24, 2.45) is 0 Å². The van der Waals surface area contributed by atoms with Crippen LogP contribution >= 0.6 is 11.8 Å². The summed E-state index contributed by atoms with van der Waals surface area (Å²) in [5.41, 5.74) is 0.304. The maximum Gasteiger partial charge on any atom is 0.0144 e. The number of hydrogen-bond acceptors (Lipinski definition) is 2. The number of unbranched alkanes of at least 4 members (excludes halogenated alkanes) is 2. The lowest BCUT2D eigenvalue weighted by molar-refractivity contribution is 0.379. The van der Waals surface area contributed by atoms with Gasteiger partial charge >= 0.3 is 0 Å². The highest BCUT2D eigenvalue weighted by Gasteiger charge is 2.14. The first-order chi connectivity index (χ1) is 7.02. The first-order valence-electron chi connectivity index (χ1n) is 6.38. The fourth-order valence-electron chi connectivity index (χ4n) is 1.24. The van der Waals surface area contributed by atoms with E-state index in [-0.39, 0.29) is 0 Å². The summed E-state index contributed by atoms with van der Waals surface area (Å²) >= 11 is 2.11. The number of thioether (sulfide) groups is 1. The van der Waals surface area contributed by atoms with Crippen molar-refractivity contribution in [3.05, 3.63) is 0 Å². The predicted molar refractivity (Wildman–Crippen MR) is 73.8 cm³/mol. The molecule has 15 heavy (non-hydrogen) atoms. The largest absolute Gasteiger partial charge is 0.311 e. The van der Waals surface area contributed by atoms with Crippen LogP contribution in [0.25, 0.3) is 0 Å². The van der Waals surface area contributed by atoms with E-state index in [9.17, 15) is 0 Å². The lowest BCUT2D eigenvalue weighted by Crippen LogP contribution is -2.41. The van der Waals surface area contributed by atoms with Crippen LogP contribution in [0.5, 0.6) is 0 Å². The lowest BCUT2D eigenvalue weighted by Gasteiger charge is -2.26. The second-order valence-electron chi connectivity index (χ2n) is 5.01. The summed E-state index contributed by atoms with van der Waals surface area (Å²) in [5.74, 6) is 1.32. The van der Waals surface area contributed by atoms with E-state index >= 15 is 0 Å². The summed E-state index contributed by atoms with van der Waals surface area (Å²) in [6, 6.07) is 0. The summed E-state index contributed by atoms with van der Waals surface area (Å²) < 4.78 is 0. The van der Waals surface area contributed by atoms with Gasteiger partial charge < -0.3 is 5.32 Å². The van der Waals surface area contributed by atoms with Crippen molar-refractivity contribution in [2.75, 3.05) is 12.3 Å². The van der Waals surface area contributed by atoms with E-state index in [2.05, 4.69) is 51.7 Å². The standard InChI is InChI=1S/C13H29NS/c1-6-8-9-10-15-12(3)11-14-13(4,5)7-2/h12,14H,6-11H2,1-5H3. The molecule has 92 valence electrons. The van der Waals surface area contributed by atoms with E-state index in [1.807, 2.05) is 0 Å². The van der Waals surface area contributed by atoms with Crippen LogP contribution in [-0.4, -0.2) is 23.1 Å². The van der Waals surface area contributed by atoms with Gasteiger partial charge in [-0.1, -0.05) is 33.6 Å². The minimum atomic E-state index is 0.304. The average Bonchev–Trinajstić information content (AvgIpc) is 2.22. The molecule has 0 aromatic rings. The molecule has 0 heterocycles.